The molecular weight excluding hydrogens is 396 g/mol. The van der Waals surface area contributed by atoms with Crippen molar-refractivity contribution in [2.75, 3.05) is 6.54 Å². The number of rotatable bonds is 3. The fourth-order valence-corrected chi connectivity index (χ4v) is 2.88. The van der Waals surface area contributed by atoms with E-state index in [-0.39, 0.29) is 5.56 Å². The van der Waals surface area contributed by atoms with Crippen LogP contribution in [0.15, 0.2) is 53.4 Å². The Balaban J connectivity index is 2.06. The van der Waals surface area contributed by atoms with E-state index in [0.717, 1.165) is 24.3 Å². The molecule has 0 aliphatic rings. The molecular formula is C17H11F6NO2S. The largest absolute Gasteiger partial charge is 0.416 e. The zero-order chi connectivity index (χ0) is 20.3. The average molecular weight is 407 g/mol. The van der Waals surface area contributed by atoms with Crippen molar-refractivity contribution in [3.63, 3.8) is 0 Å². The summed E-state index contributed by atoms with van der Waals surface area (Å²) in [6, 6.07) is 7.03. The average Bonchev–Trinajstić information content (AvgIpc) is 2.58. The quantitative estimate of drug-likeness (QED) is 0.616. The second kappa shape index (κ2) is 7.62. The van der Waals surface area contributed by atoms with E-state index in [2.05, 4.69) is 11.8 Å². The van der Waals surface area contributed by atoms with E-state index in [1.54, 1.807) is 0 Å². The maximum absolute atomic E-state index is 12.6. The summed E-state index contributed by atoms with van der Waals surface area (Å²) in [5, 5.41) is 0. The lowest BCUT2D eigenvalue weighted by atomic mass is 10.1. The van der Waals surface area contributed by atoms with Gasteiger partial charge in [-0.3, -0.25) is 0 Å². The Labute approximate surface area is 151 Å². The van der Waals surface area contributed by atoms with Gasteiger partial charge in [-0.15, -0.1) is 0 Å². The summed E-state index contributed by atoms with van der Waals surface area (Å²) in [5.74, 6) is 4.74. The second-order valence-electron chi connectivity index (χ2n) is 5.23. The summed E-state index contributed by atoms with van der Waals surface area (Å²) < 4.78 is 101. The summed E-state index contributed by atoms with van der Waals surface area (Å²) in [4.78, 5) is -0.392. The first kappa shape index (κ1) is 20.8. The number of halogens is 6. The molecule has 0 aliphatic heterocycles. The van der Waals surface area contributed by atoms with Crippen molar-refractivity contribution in [3.8, 4) is 11.8 Å². The number of benzene rings is 2. The third-order valence-electron chi connectivity index (χ3n) is 3.27. The van der Waals surface area contributed by atoms with Gasteiger partial charge in [-0.25, -0.2) is 8.42 Å². The summed E-state index contributed by atoms with van der Waals surface area (Å²) in [6.45, 7) is -0.431. The molecule has 0 unspecified atom stereocenters. The molecule has 0 saturated carbocycles. The SMILES string of the molecule is O=S(=O)(NCC#Cc1cccc(C(F)(F)F)c1)c1ccc(C(F)(F)F)cc1. The molecule has 3 nitrogen and oxygen atoms in total. The molecule has 2 rings (SSSR count). The maximum Gasteiger partial charge on any atom is 0.416 e. The molecule has 1 N–H and O–H groups in total. The molecule has 0 atom stereocenters. The van der Waals surface area contributed by atoms with Crippen molar-refractivity contribution in [1.82, 2.24) is 4.72 Å². The summed E-state index contributed by atoms with van der Waals surface area (Å²) >= 11 is 0. The molecule has 0 amide bonds. The predicted octanol–water partition coefficient (Wildman–Crippen LogP) is 4.05. The fraction of sp³-hybridized carbons (Fsp3) is 0.176. The van der Waals surface area contributed by atoms with Crippen LogP contribution in [-0.2, 0) is 22.4 Å². The van der Waals surface area contributed by atoms with Crippen LogP contribution in [0.4, 0.5) is 26.3 Å². The lowest BCUT2D eigenvalue weighted by molar-refractivity contribution is -0.138. The molecule has 0 aliphatic carbocycles. The molecule has 10 heteroatoms. The molecule has 0 bridgehead atoms. The van der Waals surface area contributed by atoms with Crippen LogP contribution >= 0.6 is 0 Å². The first-order chi connectivity index (χ1) is 12.4. The zero-order valence-corrected chi connectivity index (χ0v) is 14.1. The minimum atomic E-state index is -4.59. The molecule has 2 aromatic carbocycles. The van der Waals surface area contributed by atoms with Gasteiger partial charge in [0, 0.05) is 5.56 Å². The highest BCUT2D eigenvalue weighted by Gasteiger charge is 2.31. The number of hydrogen-bond donors (Lipinski definition) is 1. The first-order valence-corrected chi connectivity index (χ1v) is 8.71. The van der Waals surface area contributed by atoms with Gasteiger partial charge in [0.15, 0.2) is 0 Å². The van der Waals surface area contributed by atoms with Gasteiger partial charge in [-0.2, -0.15) is 31.1 Å². The van der Waals surface area contributed by atoms with Gasteiger partial charge in [0.1, 0.15) is 0 Å². The van der Waals surface area contributed by atoms with Crippen molar-refractivity contribution in [2.24, 2.45) is 0 Å². The molecule has 27 heavy (non-hydrogen) atoms. The Morgan fingerprint density at radius 1 is 0.852 bits per heavy atom. The smallest absolute Gasteiger partial charge is 0.207 e. The minimum absolute atomic E-state index is 0.0403. The number of hydrogen-bond acceptors (Lipinski definition) is 2. The van der Waals surface area contributed by atoms with E-state index in [0.29, 0.717) is 12.1 Å². The van der Waals surface area contributed by atoms with E-state index in [1.165, 1.54) is 12.1 Å². The maximum atomic E-state index is 12.6. The van der Waals surface area contributed by atoms with Crippen LogP contribution in [0, 0.1) is 11.8 Å². The van der Waals surface area contributed by atoms with E-state index < -0.39 is 44.9 Å². The minimum Gasteiger partial charge on any atom is -0.207 e. The van der Waals surface area contributed by atoms with Crippen molar-refractivity contribution in [1.29, 1.82) is 0 Å². The Bertz CT molecular complexity index is 967. The van der Waals surface area contributed by atoms with E-state index in [9.17, 15) is 34.8 Å². The van der Waals surface area contributed by atoms with Crippen LogP contribution in [0.25, 0.3) is 0 Å². The van der Waals surface area contributed by atoms with Gasteiger partial charge in [-0.1, -0.05) is 17.9 Å². The number of alkyl halides is 6. The molecule has 0 saturated heterocycles. The summed E-state index contributed by atoms with van der Waals surface area (Å²) in [7, 11) is -4.11. The van der Waals surface area contributed by atoms with Gasteiger partial charge in [0.25, 0.3) is 0 Å². The third kappa shape index (κ3) is 5.74. The van der Waals surface area contributed by atoms with Crippen LogP contribution in [0.5, 0.6) is 0 Å². The fourth-order valence-electron chi connectivity index (χ4n) is 1.96. The normalized spacial score (nSPS) is 12.4. The molecule has 144 valence electrons. The Kier molecular flexibility index (Phi) is 5.87. The second-order valence-corrected chi connectivity index (χ2v) is 6.99. The van der Waals surface area contributed by atoms with E-state index in [1.807, 2.05) is 4.72 Å². The predicted molar refractivity (Wildman–Crippen MR) is 85.0 cm³/mol. The number of sulfonamides is 1. The monoisotopic (exact) mass is 407 g/mol. The van der Waals surface area contributed by atoms with E-state index in [4.69, 9.17) is 0 Å². The van der Waals surface area contributed by atoms with Crippen LogP contribution < -0.4 is 4.72 Å². The van der Waals surface area contributed by atoms with Gasteiger partial charge in [-0.05, 0) is 42.5 Å². The van der Waals surface area contributed by atoms with Crippen LogP contribution in [-0.4, -0.2) is 15.0 Å². The number of nitrogens with one attached hydrogen (secondary N) is 1. The Hall–Kier alpha value is -2.51. The van der Waals surface area contributed by atoms with Crippen molar-refractivity contribution in [3.05, 3.63) is 65.2 Å². The van der Waals surface area contributed by atoms with Crippen LogP contribution in [0.2, 0.25) is 0 Å². The third-order valence-corrected chi connectivity index (χ3v) is 4.68. The molecule has 2 aromatic rings. The standard InChI is InChI=1S/C17H11F6NO2S/c18-16(19,20)13-6-8-15(9-7-13)27(25,26)24-10-2-4-12-3-1-5-14(11-12)17(21,22)23/h1,3,5-9,11,24H,10H2. The van der Waals surface area contributed by atoms with Gasteiger partial charge in [0.2, 0.25) is 10.0 Å². The van der Waals surface area contributed by atoms with Crippen molar-refractivity contribution >= 4 is 10.0 Å². The summed E-state index contributed by atoms with van der Waals surface area (Å²) in [6.07, 6.45) is -9.12. The zero-order valence-electron chi connectivity index (χ0n) is 13.3. The van der Waals surface area contributed by atoms with Gasteiger partial charge >= 0.3 is 12.4 Å². The molecule has 0 heterocycles. The van der Waals surface area contributed by atoms with Crippen molar-refractivity contribution < 1.29 is 34.8 Å². The Morgan fingerprint density at radius 3 is 2.00 bits per heavy atom. The molecule has 0 fully saturated rings. The van der Waals surface area contributed by atoms with Gasteiger partial charge in [0.05, 0.1) is 22.6 Å². The molecule has 0 spiro atoms. The molecule has 0 radical (unpaired) electrons. The highest BCUT2D eigenvalue weighted by Crippen LogP contribution is 2.30. The van der Waals surface area contributed by atoms with Crippen LogP contribution in [0.1, 0.15) is 16.7 Å². The highest BCUT2D eigenvalue weighted by atomic mass is 32.2. The lowest BCUT2D eigenvalue weighted by Gasteiger charge is -2.08. The summed E-state index contributed by atoms with van der Waals surface area (Å²) in [5.41, 5.74) is -1.84. The lowest BCUT2D eigenvalue weighted by Crippen LogP contribution is -2.24. The molecule has 0 aromatic heterocycles. The van der Waals surface area contributed by atoms with E-state index >= 15 is 0 Å². The van der Waals surface area contributed by atoms with Crippen LogP contribution in [0.3, 0.4) is 0 Å². The Morgan fingerprint density at radius 2 is 1.44 bits per heavy atom. The first-order valence-electron chi connectivity index (χ1n) is 7.23. The topological polar surface area (TPSA) is 46.2 Å². The van der Waals surface area contributed by atoms with Crippen molar-refractivity contribution in [2.45, 2.75) is 17.2 Å². The van der Waals surface area contributed by atoms with Gasteiger partial charge < -0.3 is 0 Å². The highest BCUT2D eigenvalue weighted by molar-refractivity contribution is 7.89.